The van der Waals surface area contributed by atoms with Gasteiger partial charge in [-0.05, 0) is 61.7 Å². The number of aliphatic hydroxyl groups is 1. The van der Waals surface area contributed by atoms with E-state index in [0.717, 1.165) is 74.9 Å². The molecule has 1 N–H and O–H groups in total. The average molecular weight is 673 g/mol. The number of hydrogen-bond acceptors (Lipinski definition) is 5. The summed E-state index contributed by atoms with van der Waals surface area (Å²) in [5, 5.41) is 11.0. The molecule has 2 rings (SSSR count). The summed E-state index contributed by atoms with van der Waals surface area (Å²) in [6.07, 6.45) is 14.2. The first-order valence-electron chi connectivity index (χ1n) is 18.6. The molecule has 0 heterocycles. The third kappa shape index (κ3) is 13.9. The molecule has 1 aromatic carbocycles. The molecule has 47 heavy (non-hydrogen) atoms. The lowest BCUT2D eigenvalue weighted by molar-refractivity contribution is -0.884. The van der Waals surface area contributed by atoms with Crippen LogP contribution in [-0.2, 0) is 31.7 Å². The van der Waals surface area contributed by atoms with Crippen LogP contribution in [-0.4, -0.2) is 69.6 Å². The number of carbonyl (C=O) groups is 2. The van der Waals surface area contributed by atoms with Crippen LogP contribution < -0.4 is 0 Å². The van der Waals surface area contributed by atoms with Crippen molar-refractivity contribution in [1.29, 1.82) is 0 Å². The highest BCUT2D eigenvalue weighted by Crippen LogP contribution is 2.44. The molecule has 7 heteroatoms. The Labute approximate surface area is 289 Å². The van der Waals surface area contributed by atoms with Crippen LogP contribution in [0.4, 0.5) is 0 Å². The number of nitrogens with zero attached hydrogens (tertiary/aromatic N) is 1. The Morgan fingerprint density at radius 3 is 2.21 bits per heavy atom. The summed E-state index contributed by atoms with van der Waals surface area (Å²) in [6, 6.07) is 10.2. The molecule has 1 fully saturated rings. The fourth-order valence-electron chi connectivity index (χ4n) is 7.47. The average Bonchev–Trinajstić information content (AvgIpc) is 3.28. The quantitative estimate of drug-likeness (QED) is 0.0437. The van der Waals surface area contributed by atoms with Gasteiger partial charge in [-0.25, -0.2) is 0 Å². The van der Waals surface area contributed by atoms with E-state index < -0.39 is 13.9 Å². The molecule has 1 aliphatic carbocycles. The van der Waals surface area contributed by atoms with Gasteiger partial charge in [0.25, 0.3) is 0 Å². The number of Topliss-reactive ketones (excluding diaryl/α,β-unsaturated/α-hetero) is 1. The number of carbonyl (C=O) groups excluding carboxylic acids is 2. The molecular formula is C40H70NO5Si+. The lowest BCUT2D eigenvalue weighted by atomic mass is 9.87. The second-order valence-electron chi connectivity index (χ2n) is 16.3. The van der Waals surface area contributed by atoms with Crippen LogP contribution >= 0.6 is 0 Å². The first-order chi connectivity index (χ1) is 22.0. The van der Waals surface area contributed by atoms with E-state index in [2.05, 4.69) is 92.2 Å². The molecule has 0 radical (unpaired) electrons. The van der Waals surface area contributed by atoms with Crippen molar-refractivity contribution < 1.29 is 28.3 Å². The van der Waals surface area contributed by atoms with Crippen LogP contribution in [0.1, 0.15) is 123 Å². The van der Waals surface area contributed by atoms with E-state index in [4.69, 9.17) is 9.16 Å². The Bertz CT molecular complexity index is 1100. The maximum Gasteiger partial charge on any atom is 0.305 e. The summed E-state index contributed by atoms with van der Waals surface area (Å²) in [5.41, 5.74) is 2.81. The van der Waals surface area contributed by atoms with Crippen molar-refractivity contribution >= 4 is 20.1 Å². The van der Waals surface area contributed by atoms with E-state index in [0.29, 0.717) is 36.1 Å². The number of methoxy groups -OCH3 is 1. The van der Waals surface area contributed by atoms with Gasteiger partial charge in [0.05, 0.1) is 40.0 Å². The SMILES string of the molecule is CCCCC(C)(O)C/C=C/[C@H]1[C@H](O[Si](CCc2ccc(C[N+](C)(C)C)cc2)(C(C)C)C(C)C)CC(=O)[C@@H]1CCCCCCC(=O)OC. The zero-order valence-electron chi connectivity index (χ0n) is 31.8. The second-order valence-corrected chi connectivity index (χ2v) is 21.3. The van der Waals surface area contributed by atoms with Gasteiger partial charge in [0.2, 0.25) is 0 Å². The van der Waals surface area contributed by atoms with Crippen molar-refractivity contribution in [2.75, 3.05) is 28.3 Å². The molecule has 4 atom stereocenters. The monoisotopic (exact) mass is 673 g/mol. The summed E-state index contributed by atoms with van der Waals surface area (Å²) in [5.74, 6) is 0.131. The number of hydrogen-bond donors (Lipinski definition) is 1. The molecule has 6 nitrogen and oxygen atoms in total. The first-order valence-corrected chi connectivity index (χ1v) is 20.8. The van der Waals surface area contributed by atoms with E-state index in [9.17, 15) is 14.7 Å². The Hall–Kier alpha value is -1.80. The third-order valence-electron chi connectivity index (χ3n) is 10.4. The molecule has 268 valence electrons. The highest BCUT2D eigenvalue weighted by atomic mass is 28.4. The minimum Gasteiger partial charge on any atom is -0.469 e. The number of ether oxygens (including phenoxy) is 1. The van der Waals surface area contributed by atoms with E-state index in [1.54, 1.807) is 0 Å². The Morgan fingerprint density at radius 1 is 1.02 bits per heavy atom. The van der Waals surface area contributed by atoms with Crippen molar-refractivity contribution in [3.05, 3.63) is 47.5 Å². The Kier molecular flexibility index (Phi) is 17.1. The lowest BCUT2D eigenvalue weighted by Gasteiger charge is -2.42. The van der Waals surface area contributed by atoms with Gasteiger partial charge < -0.3 is 18.8 Å². The van der Waals surface area contributed by atoms with Crippen molar-refractivity contribution in [2.24, 2.45) is 11.8 Å². The number of rotatable bonds is 22. The van der Waals surface area contributed by atoms with Crippen molar-refractivity contribution in [2.45, 2.75) is 154 Å². The summed E-state index contributed by atoms with van der Waals surface area (Å²) < 4.78 is 13.1. The minimum atomic E-state index is -2.29. The smallest absolute Gasteiger partial charge is 0.305 e. The van der Waals surface area contributed by atoms with Gasteiger partial charge in [-0.1, -0.05) is 103 Å². The zero-order chi connectivity index (χ0) is 35.3. The maximum atomic E-state index is 13.7. The Morgan fingerprint density at radius 2 is 1.64 bits per heavy atom. The van der Waals surface area contributed by atoms with Crippen molar-refractivity contribution in [1.82, 2.24) is 0 Å². The van der Waals surface area contributed by atoms with Crippen molar-refractivity contribution in [3.8, 4) is 0 Å². The first kappa shape index (κ1) is 41.4. The van der Waals surface area contributed by atoms with E-state index >= 15 is 0 Å². The predicted molar refractivity (Wildman–Crippen MR) is 198 cm³/mol. The van der Waals surface area contributed by atoms with Gasteiger partial charge in [0.1, 0.15) is 12.3 Å². The standard InChI is InChI=1S/C40H70NO5Si/c1-11-12-26-40(6,44)27-17-19-36-35(18-15-13-14-16-20-39(43)45-10)37(42)29-38(36)46-47(31(2)3,32(4)5)28-25-33-21-23-34(24-22-33)30-41(7,8)9/h17,19,21-24,31-32,35-36,38,44H,11-16,18,20,25-30H2,1-10H3/q+1/b19-17+/t35-,36-,38-,40?/m1/s1. The topological polar surface area (TPSA) is 72.8 Å². The molecule has 0 aliphatic heterocycles. The van der Waals surface area contributed by atoms with Crippen LogP contribution in [0, 0.1) is 11.8 Å². The number of benzene rings is 1. The second kappa shape index (κ2) is 19.4. The van der Waals surface area contributed by atoms with Gasteiger partial charge in [-0.15, -0.1) is 0 Å². The van der Waals surface area contributed by atoms with E-state index in [1.165, 1.54) is 18.2 Å². The minimum absolute atomic E-state index is 0.0266. The highest BCUT2D eigenvalue weighted by Gasteiger charge is 2.49. The number of quaternary nitrogens is 1. The summed E-state index contributed by atoms with van der Waals surface area (Å²) in [4.78, 5) is 25.2. The predicted octanol–water partition coefficient (Wildman–Crippen LogP) is 9.19. The number of unbranched alkanes of at least 4 members (excludes halogenated alkanes) is 4. The van der Waals surface area contributed by atoms with Crippen LogP contribution in [0.25, 0.3) is 0 Å². The fourth-order valence-corrected chi connectivity index (χ4v) is 12.1. The van der Waals surface area contributed by atoms with Gasteiger partial charge in [-0.3, -0.25) is 9.59 Å². The molecule has 0 spiro atoms. The van der Waals surface area contributed by atoms with Gasteiger partial charge in [0.15, 0.2) is 8.32 Å². The van der Waals surface area contributed by atoms with Crippen LogP contribution in [0.15, 0.2) is 36.4 Å². The number of aryl methyl sites for hydroxylation is 1. The van der Waals surface area contributed by atoms with Gasteiger partial charge >= 0.3 is 5.97 Å². The summed E-state index contributed by atoms with van der Waals surface area (Å²) in [6.45, 7) is 14.4. The molecule has 1 saturated carbocycles. The molecule has 0 bridgehead atoms. The van der Waals surface area contributed by atoms with Gasteiger partial charge in [-0.2, -0.15) is 0 Å². The van der Waals surface area contributed by atoms with Crippen molar-refractivity contribution in [3.63, 3.8) is 0 Å². The molecule has 1 aliphatic rings. The van der Waals surface area contributed by atoms with E-state index in [1.807, 2.05) is 6.92 Å². The molecule has 1 unspecified atom stereocenters. The summed E-state index contributed by atoms with van der Waals surface area (Å²) >= 11 is 0. The largest absolute Gasteiger partial charge is 0.469 e. The third-order valence-corrected chi connectivity index (χ3v) is 16.1. The highest BCUT2D eigenvalue weighted by molar-refractivity contribution is 6.76. The maximum absolute atomic E-state index is 13.7. The normalized spacial score (nSPS) is 20.4. The molecule has 0 amide bonds. The number of ketones is 1. The lowest BCUT2D eigenvalue weighted by Crippen LogP contribution is -2.48. The Balaban J connectivity index is 2.25. The molecular weight excluding hydrogens is 603 g/mol. The number of esters is 1. The zero-order valence-corrected chi connectivity index (χ0v) is 32.8. The van der Waals surface area contributed by atoms with E-state index in [-0.39, 0.29) is 23.9 Å². The van der Waals surface area contributed by atoms with Gasteiger partial charge in [0, 0.05) is 30.2 Å². The molecule has 0 saturated heterocycles. The summed E-state index contributed by atoms with van der Waals surface area (Å²) in [7, 11) is 5.81. The molecule has 0 aromatic heterocycles. The van der Waals surface area contributed by atoms with Crippen LogP contribution in [0.2, 0.25) is 17.1 Å². The van der Waals surface area contributed by atoms with Crippen LogP contribution in [0.3, 0.4) is 0 Å². The van der Waals surface area contributed by atoms with Crippen LogP contribution in [0.5, 0.6) is 0 Å². The fraction of sp³-hybridized carbons (Fsp3) is 0.750. The molecule has 1 aromatic rings.